The third-order valence-electron chi connectivity index (χ3n) is 6.86. The fourth-order valence-corrected chi connectivity index (χ4v) is 5.34. The van der Waals surface area contributed by atoms with E-state index in [9.17, 15) is 36.2 Å². The van der Waals surface area contributed by atoms with Gasteiger partial charge in [-0.3, -0.25) is 14.4 Å². The predicted octanol–water partition coefficient (Wildman–Crippen LogP) is 4.34. The van der Waals surface area contributed by atoms with E-state index in [0.29, 0.717) is 5.69 Å². The van der Waals surface area contributed by atoms with Gasteiger partial charge < -0.3 is 10.4 Å². The van der Waals surface area contributed by atoms with E-state index in [4.69, 9.17) is 0 Å². The van der Waals surface area contributed by atoms with Crippen LogP contribution in [0.15, 0.2) is 36.5 Å². The molecule has 1 aromatic heterocycles. The first-order chi connectivity index (χ1) is 16.3. The van der Waals surface area contributed by atoms with Crippen LogP contribution < -0.4 is 5.32 Å². The second-order valence-corrected chi connectivity index (χ2v) is 9.53. The van der Waals surface area contributed by atoms with Gasteiger partial charge in [0.15, 0.2) is 5.92 Å². The maximum Gasteiger partial charge on any atom is 0.402 e. The van der Waals surface area contributed by atoms with Crippen molar-refractivity contribution in [3.63, 3.8) is 0 Å². The Morgan fingerprint density at radius 2 is 1.69 bits per heavy atom. The quantitative estimate of drug-likeness (QED) is 0.573. The highest BCUT2D eigenvalue weighted by molar-refractivity contribution is 5.74. The number of nitrogens with zero attached hydrogens (tertiary/aromatic N) is 3. The SMILES string of the molecule is CC(C)n1cc(CN2CC3C(C(=O)O)NC(C(C(F)(F)F)C(F)(F)F)C3C2)c(-c2ccccc2)n1. The Balaban J connectivity index is 1.63. The smallest absolute Gasteiger partial charge is 0.402 e. The number of likely N-dealkylation sites (tertiary alicyclic amines) is 1. The number of carboxylic acid groups (broad SMARTS) is 1. The number of alkyl halides is 6. The Hall–Kier alpha value is -2.60. The molecule has 3 heterocycles. The van der Waals surface area contributed by atoms with Gasteiger partial charge in [-0.2, -0.15) is 31.4 Å². The summed E-state index contributed by atoms with van der Waals surface area (Å²) >= 11 is 0. The molecule has 0 bridgehead atoms. The first-order valence-electron chi connectivity index (χ1n) is 11.3. The Morgan fingerprint density at radius 3 is 2.23 bits per heavy atom. The molecule has 0 aliphatic carbocycles. The average Bonchev–Trinajstić information content (AvgIpc) is 3.41. The summed E-state index contributed by atoms with van der Waals surface area (Å²) in [6.45, 7) is 4.08. The minimum absolute atomic E-state index is 0.0356. The average molecular weight is 504 g/mol. The molecule has 35 heavy (non-hydrogen) atoms. The van der Waals surface area contributed by atoms with Gasteiger partial charge in [0, 0.05) is 55.0 Å². The van der Waals surface area contributed by atoms with Crippen molar-refractivity contribution in [1.82, 2.24) is 20.0 Å². The summed E-state index contributed by atoms with van der Waals surface area (Å²) in [5.74, 6) is -7.10. The van der Waals surface area contributed by atoms with Crippen molar-refractivity contribution < 1.29 is 36.2 Å². The number of rotatable bonds is 6. The fraction of sp³-hybridized carbons (Fsp3) is 0.565. The van der Waals surface area contributed by atoms with Crippen LogP contribution in [0.25, 0.3) is 11.3 Å². The monoisotopic (exact) mass is 504 g/mol. The molecular formula is C23H26F6N4O2. The van der Waals surface area contributed by atoms with Crippen LogP contribution in [0.1, 0.15) is 25.5 Å². The molecule has 4 atom stereocenters. The molecule has 0 saturated carbocycles. The Morgan fingerprint density at radius 1 is 1.09 bits per heavy atom. The van der Waals surface area contributed by atoms with Crippen LogP contribution in [0.3, 0.4) is 0 Å². The molecule has 12 heteroatoms. The normalized spacial score (nSPS) is 25.5. The van der Waals surface area contributed by atoms with Crippen LogP contribution in [-0.2, 0) is 11.3 Å². The summed E-state index contributed by atoms with van der Waals surface area (Å²) in [5.41, 5.74) is 2.27. The fourth-order valence-electron chi connectivity index (χ4n) is 5.34. The molecule has 0 amide bonds. The molecule has 2 saturated heterocycles. The molecule has 2 aliphatic heterocycles. The molecule has 0 radical (unpaired) electrons. The van der Waals surface area contributed by atoms with E-state index in [0.717, 1.165) is 11.1 Å². The molecule has 0 spiro atoms. The number of fused-ring (bicyclic) bond motifs is 1. The van der Waals surface area contributed by atoms with Crippen molar-refractivity contribution in [2.24, 2.45) is 17.8 Å². The molecule has 2 aromatic rings. The van der Waals surface area contributed by atoms with Crippen LogP contribution >= 0.6 is 0 Å². The Labute approximate surface area is 197 Å². The second-order valence-electron chi connectivity index (χ2n) is 9.53. The summed E-state index contributed by atoms with van der Waals surface area (Å²) in [7, 11) is 0. The number of nitrogens with one attached hydrogen (secondary N) is 1. The Bertz CT molecular complexity index is 1040. The highest BCUT2D eigenvalue weighted by Crippen LogP contribution is 2.48. The molecular weight excluding hydrogens is 478 g/mol. The van der Waals surface area contributed by atoms with Crippen LogP contribution in [-0.4, -0.2) is 63.3 Å². The van der Waals surface area contributed by atoms with E-state index in [1.165, 1.54) is 0 Å². The molecule has 4 rings (SSSR count). The van der Waals surface area contributed by atoms with E-state index in [1.807, 2.05) is 50.4 Å². The molecule has 1 aromatic carbocycles. The van der Waals surface area contributed by atoms with Gasteiger partial charge in [0.25, 0.3) is 0 Å². The third kappa shape index (κ3) is 5.04. The van der Waals surface area contributed by atoms with Crippen LogP contribution in [0, 0.1) is 17.8 Å². The van der Waals surface area contributed by atoms with Crippen molar-refractivity contribution >= 4 is 5.97 Å². The zero-order chi connectivity index (χ0) is 25.7. The molecule has 6 nitrogen and oxygen atoms in total. The summed E-state index contributed by atoms with van der Waals surface area (Å²) in [6.07, 6.45) is -9.29. The second kappa shape index (κ2) is 9.12. The molecule has 2 fully saturated rings. The first-order valence-corrected chi connectivity index (χ1v) is 11.3. The van der Waals surface area contributed by atoms with E-state index in [1.54, 1.807) is 9.58 Å². The number of aliphatic carboxylic acids is 1. The molecule has 2 aliphatic rings. The topological polar surface area (TPSA) is 70.4 Å². The lowest BCUT2D eigenvalue weighted by atomic mass is 9.84. The summed E-state index contributed by atoms with van der Waals surface area (Å²) < 4.78 is 82.7. The number of hydrogen-bond acceptors (Lipinski definition) is 4. The van der Waals surface area contributed by atoms with Crippen molar-refractivity contribution in [2.45, 2.75) is 50.9 Å². The number of carbonyl (C=O) groups is 1. The van der Waals surface area contributed by atoms with Crippen molar-refractivity contribution in [3.8, 4) is 11.3 Å². The summed E-state index contributed by atoms with van der Waals surface area (Å²) in [4.78, 5) is 13.5. The lowest BCUT2D eigenvalue weighted by molar-refractivity contribution is -0.293. The van der Waals surface area contributed by atoms with E-state index < -0.39 is 48.2 Å². The summed E-state index contributed by atoms with van der Waals surface area (Å²) in [6, 6.07) is 5.74. The largest absolute Gasteiger partial charge is 0.480 e. The van der Waals surface area contributed by atoms with Crippen molar-refractivity contribution in [2.75, 3.05) is 13.1 Å². The molecule has 4 unspecified atom stereocenters. The van der Waals surface area contributed by atoms with E-state index in [-0.39, 0.29) is 25.7 Å². The van der Waals surface area contributed by atoms with Crippen LogP contribution in [0.2, 0.25) is 0 Å². The standard InChI is InChI=1S/C23H26F6N4O2/c1-12(2)33-9-14(17(31-33)13-6-4-3-5-7-13)8-32-10-15-16(11-32)19(21(34)35)30-18(15)20(22(24,25)26)23(27,28)29/h3-7,9,12,15-16,18-20,30H,8,10-11H2,1-2H3,(H,34,35). The van der Waals surface area contributed by atoms with Crippen molar-refractivity contribution in [3.05, 3.63) is 42.1 Å². The highest BCUT2D eigenvalue weighted by Gasteiger charge is 2.66. The molecule has 2 N–H and O–H groups in total. The number of carboxylic acids is 1. The van der Waals surface area contributed by atoms with Gasteiger partial charge in [-0.15, -0.1) is 0 Å². The minimum atomic E-state index is -5.56. The third-order valence-corrected chi connectivity index (χ3v) is 6.86. The van der Waals surface area contributed by atoms with Gasteiger partial charge in [-0.1, -0.05) is 30.3 Å². The summed E-state index contributed by atoms with van der Waals surface area (Å²) in [5, 5.41) is 16.3. The van der Waals surface area contributed by atoms with Gasteiger partial charge in [-0.05, 0) is 19.8 Å². The van der Waals surface area contributed by atoms with Crippen molar-refractivity contribution in [1.29, 1.82) is 0 Å². The zero-order valence-corrected chi connectivity index (χ0v) is 19.0. The lowest BCUT2D eigenvalue weighted by Crippen LogP contribution is -2.53. The van der Waals surface area contributed by atoms with Gasteiger partial charge in [-0.25, -0.2) is 0 Å². The predicted molar refractivity (Wildman–Crippen MR) is 114 cm³/mol. The van der Waals surface area contributed by atoms with E-state index in [2.05, 4.69) is 10.4 Å². The van der Waals surface area contributed by atoms with Gasteiger partial charge in [0.05, 0.1) is 5.69 Å². The van der Waals surface area contributed by atoms with E-state index >= 15 is 0 Å². The number of halogens is 6. The van der Waals surface area contributed by atoms with Gasteiger partial charge in [0.2, 0.25) is 0 Å². The molecule has 192 valence electrons. The van der Waals surface area contributed by atoms with Gasteiger partial charge in [0.1, 0.15) is 6.04 Å². The maximum atomic E-state index is 13.5. The van der Waals surface area contributed by atoms with Crippen LogP contribution in [0.4, 0.5) is 26.3 Å². The first kappa shape index (κ1) is 25.5. The maximum absolute atomic E-state index is 13.5. The minimum Gasteiger partial charge on any atom is -0.480 e. The number of benzene rings is 1. The lowest BCUT2D eigenvalue weighted by Gasteiger charge is -2.32. The zero-order valence-electron chi connectivity index (χ0n) is 19.0. The number of hydrogen-bond donors (Lipinski definition) is 2. The van der Waals surface area contributed by atoms with Crippen LogP contribution in [0.5, 0.6) is 0 Å². The Kier molecular flexibility index (Phi) is 6.64. The van der Waals surface area contributed by atoms with Gasteiger partial charge >= 0.3 is 18.3 Å². The number of aromatic nitrogens is 2. The highest BCUT2D eigenvalue weighted by atomic mass is 19.4.